The van der Waals surface area contributed by atoms with Gasteiger partial charge in [-0.15, -0.1) is 0 Å². The third-order valence-corrected chi connectivity index (χ3v) is 5.17. The van der Waals surface area contributed by atoms with Crippen LogP contribution in [0.3, 0.4) is 0 Å². The summed E-state index contributed by atoms with van der Waals surface area (Å²) in [4.78, 5) is 32.6. The number of benzene rings is 2. The lowest BCUT2D eigenvalue weighted by atomic mass is 10.1. The second-order valence-electron chi connectivity index (χ2n) is 7.63. The van der Waals surface area contributed by atoms with E-state index in [0.717, 1.165) is 24.3 Å². The van der Waals surface area contributed by atoms with Crippen LogP contribution in [0.15, 0.2) is 71.7 Å². The van der Waals surface area contributed by atoms with E-state index >= 15 is 0 Å². The molecule has 9 nitrogen and oxygen atoms in total. The number of nitrogens with one attached hydrogen (secondary N) is 2. The van der Waals surface area contributed by atoms with Gasteiger partial charge in [-0.25, -0.2) is 4.68 Å². The number of anilines is 1. The first kappa shape index (κ1) is 22.1. The number of hydrogen-bond acceptors (Lipinski definition) is 5. The molecule has 2 aromatic carbocycles. The fraction of sp³-hybridized carbons (Fsp3) is 0.0870. The third-order valence-electron chi connectivity index (χ3n) is 5.17. The number of aromatic amines is 1. The highest BCUT2D eigenvalue weighted by atomic mass is 19.4. The Labute approximate surface area is 194 Å². The molecule has 0 bridgehead atoms. The second-order valence-corrected chi connectivity index (χ2v) is 7.63. The molecule has 0 unspecified atom stereocenters. The van der Waals surface area contributed by atoms with E-state index in [1.807, 2.05) is 30.3 Å². The standard InChI is InChI=1S/C23H16F3N7O2/c1-13-11-18(28-20(34)14-7-9-15(10-8-14)23(24,25)26)33(31-13)22-29-19-17(21(35)30-22)12-27-32(19)16-5-3-2-4-6-16/h2-12H,1H3,(H,28,34)(H,29,30,35). The third kappa shape index (κ3) is 4.16. The van der Waals surface area contributed by atoms with Gasteiger partial charge in [0.2, 0.25) is 5.95 Å². The fourth-order valence-electron chi connectivity index (χ4n) is 3.51. The smallest absolute Gasteiger partial charge is 0.306 e. The molecule has 0 aliphatic rings. The van der Waals surface area contributed by atoms with Gasteiger partial charge in [0, 0.05) is 11.6 Å². The number of rotatable bonds is 4. The van der Waals surface area contributed by atoms with E-state index in [9.17, 15) is 22.8 Å². The van der Waals surface area contributed by atoms with Gasteiger partial charge in [0.1, 0.15) is 11.2 Å². The van der Waals surface area contributed by atoms with E-state index in [2.05, 4.69) is 25.5 Å². The molecule has 2 N–H and O–H groups in total. The first-order valence-corrected chi connectivity index (χ1v) is 10.3. The number of carbonyl (C=O) groups is 1. The van der Waals surface area contributed by atoms with Crippen LogP contribution >= 0.6 is 0 Å². The normalized spacial score (nSPS) is 11.7. The molecule has 3 aromatic heterocycles. The van der Waals surface area contributed by atoms with Crippen LogP contribution in [0.5, 0.6) is 0 Å². The maximum Gasteiger partial charge on any atom is 0.416 e. The number of para-hydroxylation sites is 1. The van der Waals surface area contributed by atoms with Gasteiger partial charge in [-0.05, 0) is 43.3 Å². The number of nitrogens with zero attached hydrogens (tertiary/aromatic N) is 5. The summed E-state index contributed by atoms with van der Waals surface area (Å²) in [5.41, 5.74) is 0.178. The van der Waals surface area contributed by atoms with Crippen molar-refractivity contribution in [2.75, 3.05) is 5.32 Å². The zero-order valence-electron chi connectivity index (χ0n) is 18.0. The summed E-state index contributed by atoms with van der Waals surface area (Å²) in [6, 6.07) is 14.5. The van der Waals surface area contributed by atoms with E-state index < -0.39 is 23.2 Å². The molecule has 12 heteroatoms. The number of halogens is 3. The highest BCUT2D eigenvalue weighted by Gasteiger charge is 2.30. The number of hydrogen-bond donors (Lipinski definition) is 2. The van der Waals surface area contributed by atoms with E-state index in [1.54, 1.807) is 13.0 Å². The number of alkyl halides is 3. The van der Waals surface area contributed by atoms with Gasteiger partial charge in [0.25, 0.3) is 11.5 Å². The first-order valence-electron chi connectivity index (χ1n) is 10.3. The lowest BCUT2D eigenvalue weighted by Gasteiger charge is -2.10. The maximum absolute atomic E-state index is 12.8. The second kappa shape index (κ2) is 8.24. The molecule has 176 valence electrons. The molecule has 0 atom stereocenters. The fourth-order valence-corrected chi connectivity index (χ4v) is 3.51. The summed E-state index contributed by atoms with van der Waals surface area (Å²) >= 11 is 0. The Hall–Kier alpha value is -4.74. The predicted molar refractivity (Wildman–Crippen MR) is 121 cm³/mol. The van der Waals surface area contributed by atoms with Gasteiger partial charge in [-0.2, -0.15) is 33.0 Å². The Morgan fingerprint density at radius 1 is 1.03 bits per heavy atom. The Balaban J connectivity index is 1.52. The molecule has 0 radical (unpaired) electrons. The molecule has 0 saturated heterocycles. The largest absolute Gasteiger partial charge is 0.416 e. The van der Waals surface area contributed by atoms with Gasteiger partial charge < -0.3 is 5.32 Å². The Morgan fingerprint density at radius 3 is 2.43 bits per heavy atom. The van der Waals surface area contributed by atoms with Crippen LogP contribution in [-0.4, -0.2) is 35.4 Å². The van der Waals surface area contributed by atoms with Crippen molar-refractivity contribution in [2.24, 2.45) is 0 Å². The Bertz CT molecular complexity index is 1600. The van der Waals surface area contributed by atoms with Gasteiger partial charge in [-0.1, -0.05) is 18.2 Å². The lowest BCUT2D eigenvalue weighted by molar-refractivity contribution is -0.137. The van der Waals surface area contributed by atoms with Crippen LogP contribution < -0.4 is 10.9 Å². The average Bonchev–Trinajstić information content (AvgIpc) is 3.42. The predicted octanol–water partition coefficient (Wildman–Crippen LogP) is 3.87. The molecule has 35 heavy (non-hydrogen) atoms. The average molecular weight is 479 g/mol. The first-order chi connectivity index (χ1) is 16.7. The SMILES string of the molecule is Cc1cc(NC(=O)c2ccc(C(F)(F)F)cc2)n(-c2nc3c(cnn3-c3ccccc3)c(=O)[nH]2)n1. The zero-order valence-corrected chi connectivity index (χ0v) is 18.0. The van der Waals surface area contributed by atoms with Crippen molar-refractivity contribution in [3.8, 4) is 11.6 Å². The van der Waals surface area contributed by atoms with Crippen molar-refractivity contribution in [3.63, 3.8) is 0 Å². The summed E-state index contributed by atoms with van der Waals surface area (Å²) in [7, 11) is 0. The zero-order chi connectivity index (χ0) is 24.7. The van der Waals surface area contributed by atoms with Crippen molar-refractivity contribution in [1.82, 2.24) is 29.5 Å². The van der Waals surface area contributed by atoms with Crippen molar-refractivity contribution >= 4 is 22.8 Å². The van der Waals surface area contributed by atoms with E-state index in [1.165, 1.54) is 15.6 Å². The molecular weight excluding hydrogens is 463 g/mol. The number of aromatic nitrogens is 6. The van der Waals surface area contributed by atoms with Crippen LogP contribution in [0, 0.1) is 6.92 Å². The van der Waals surface area contributed by atoms with Crippen LogP contribution in [-0.2, 0) is 6.18 Å². The maximum atomic E-state index is 12.8. The summed E-state index contributed by atoms with van der Waals surface area (Å²) in [5, 5.41) is 11.4. The minimum Gasteiger partial charge on any atom is -0.306 e. The molecule has 1 amide bonds. The van der Waals surface area contributed by atoms with Gasteiger partial charge in [-0.3, -0.25) is 14.6 Å². The number of fused-ring (bicyclic) bond motifs is 1. The molecule has 0 saturated carbocycles. The topological polar surface area (TPSA) is 110 Å². The molecule has 3 heterocycles. The van der Waals surface area contributed by atoms with Gasteiger partial charge in [0.15, 0.2) is 5.65 Å². The van der Waals surface area contributed by atoms with Crippen molar-refractivity contribution in [3.05, 3.63) is 94.0 Å². The molecule has 0 fully saturated rings. The van der Waals surface area contributed by atoms with Crippen molar-refractivity contribution in [1.29, 1.82) is 0 Å². The van der Waals surface area contributed by atoms with Crippen LogP contribution in [0.4, 0.5) is 19.0 Å². The quantitative estimate of drug-likeness (QED) is 0.407. The van der Waals surface area contributed by atoms with E-state index in [-0.39, 0.29) is 28.4 Å². The molecule has 5 aromatic rings. The number of aryl methyl sites for hydroxylation is 1. The van der Waals surface area contributed by atoms with Crippen molar-refractivity contribution < 1.29 is 18.0 Å². The van der Waals surface area contributed by atoms with E-state index in [0.29, 0.717) is 11.4 Å². The number of carbonyl (C=O) groups excluding carboxylic acids is 1. The van der Waals surface area contributed by atoms with Crippen LogP contribution in [0.25, 0.3) is 22.7 Å². The molecular formula is C23H16F3N7O2. The molecule has 0 aliphatic heterocycles. The minimum atomic E-state index is -4.51. The highest BCUT2D eigenvalue weighted by molar-refractivity contribution is 6.04. The monoisotopic (exact) mass is 479 g/mol. The molecule has 0 spiro atoms. The number of amides is 1. The van der Waals surface area contributed by atoms with Crippen LogP contribution in [0.2, 0.25) is 0 Å². The summed E-state index contributed by atoms with van der Waals surface area (Å²) in [6.45, 7) is 1.68. The molecule has 0 aliphatic carbocycles. The summed E-state index contributed by atoms with van der Waals surface area (Å²) in [5.74, 6) is -0.464. The van der Waals surface area contributed by atoms with Gasteiger partial charge >= 0.3 is 6.18 Å². The Morgan fingerprint density at radius 2 is 1.74 bits per heavy atom. The van der Waals surface area contributed by atoms with Gasteiger partial charge in [0.05, 0.1) is 23.1 Å². The summed E-state index contributed by atoms with van der Waals surface area (Å²) < 4.78 is 41.2. The Kier molecular flexibility index (Phi) is 5.20. The molecule has 5 rings (SSSR count). The minimum absolute atomic E-state index is 0.0162. The lowest BCUT2D eigenvalue weighted by Crippen LogP contribution is -2.19. The highest BCUT2D eigenvalue weighted by Crippen LogP contribution is 2.29. The van der Waals surface area contributed by atoms with Crippen molar-refractivity contribution in [2.45, 2.75) is 13.1 Å². The number of H-pyrrole nitrogens is 1. The van der Waals surface area contributed by atoms with E-state index in [4.69, 9.17) is 0 Å². The summed E-state index contributed by atoms with van der Waals surface area (Å²) in [6.07, 6.45) is -3.10. The van der Waals surface area contributed by atoms with Crippen LogP contribution in [0.1, 0.15) is 21.6 Å².